The van der Waals surface area contributed by atoms with Crippen molar-refractivity contribution in [1.82, 2.24) is 9.88 Å². The third kappa shape index (κ3) is 5.66. The Bertz CT molecular complexity index is 1380. The van der Waals surface area contributed by atoms with Crippen molar-refractivity contribution < 1.29 is 19.0 Å². The number of ether oxygens (including phenoxy) is 3. The van der Waals surface area contributed by atoms with Gasteiger partial charge in [-0.15, -0.1) is 0 Å². The molecule has 0 radical (unpaired) electrons. The Morgan fingerprint density at radius 1 is 0.972 bits per heavy atom. The summed E-state index contributed by atoms with van der Waals surface area (Å²) < 4.78 is 18.5. The molecule has 6 nitrogen and oxygen atoms in total. The molecule has 186 valence electrons. The van der Waals surface area contributed by atoms with Crippen LogP contribution in [0.1, 0.15) is 21.6 Å². The number of methoxy groups -OCH3 is 2. The molecule has 1 N–H and O–H groups in total. The quantitative estimate of drug-likeness (QED) is 0.258. The summed E-state index contributed by atoms with van der Waals surface area (Å²) in [6.07, 6.45) is 2.35. The number of carbonyl (C=O) groups excluding carboxylic acids is 1. The van der Waals surface area contributed by atoms with Gasteiger partial charge in [0.05, 0.1) is 19.7 Å². The maximum absolute atomic E-state index is 13.4. The van der Waals surface area contributed by atoms with Crippen LogP contribution in [0.25, 0.3) is 10.9 Å². The highest BCUT2D eigenvalue weighted by atomic mass is 35.5. The maximum Gasteiger partial charge on any atom is 0.267 e. The van der Waals surface area contributed by atoms with Crippen molar-refractivity contribution in [2.45, 2.75) is 13.0 Å². The molecule has 0 unspecified atom stereocenters. The lowest BCUT2D eigenvalue weighted by Gasteiger charge is -2.13. The van der Waals surface area contributed by atoms with Gasteiger partial charge in [-0.05, 0) is 60.0 Å². The number of hydrogen-bond donors (Lipinski definition) is 1. The van der Waals surface area contributed by atoms with Crippen LogP contribution < -0.4 is 19.5 Å². The zero-order chi connectivity index (χ0) is 25.5. The molecule has 7 heteroatoms. The van der Waals surface area contributed by atoms with Crippen LogP contribution in [-0.4, -0.2) is 37.8 Å². The molecule has 0 saturated heterocycles. The fourth-order valence-electron chi connectivity index (χ4n) is 4.16. The largest absolute Gasteiger partial charge is 0.493 e. The molecule has 0 fully saturated rings. The van der Waals surface area contributed by atoms with E-state index in [9.17, 15) is 4.79 Å². The van der Waals surface area contributed by atoms with Gasteiger partial charge in [0.1, 0.15) is 18.1 Å². The number of amides is 1. The third-order valence-corrected chi connectivity index (χ3v) is 6.11. The first-order valence-corrected chi connectivity index (χ1v) is 12.0. The van der Waals surface area contributed by atoms with Gasteiger partial charge in [-0.2, -0.15) is 0 Å². The lowest BCUT2D eigenvalue weighted by Crippen LogP contribution is -2.28. The van der Waals surface area contributed by atoms with Gasteiger partial charge < -0.3 is 24.1 Å². The van der Waals surface area contributed by atoms with E-state index in [1.165, 1.54) is 0 Å². The lowest BCUT2D eigenvalue weighted by atomic mass is 10.1. The minimum absolute atomic E-state index is 0.164. The highest BCUT2D eigenvalue weighted by molar-refractivity contribution is 6.30. The Kier molecular flexibility index (Phi) is 8.18. The number of benzene rings is 3. The normalized spacial score (nSPS) is 10.8. The van der Waals surface area contributed by atoms with E-state index in [2.05, 4.69) is 11.9 Å². The molecule has 0 bridgehead atoms. The van der Waals surface area contributed by atoms with E-state index in [0.29, 0.717) is 54.1 Å². The highest BCUT2D eigenvalue weighted by Crippen LogP contribution is 2.31. The van der Waals surface area contributed by atoms with Gasteiger partial charge in [0.2, 0.25) is 0 Å². The molecular formula is C29H29ClN2O4. The van der Waals surface area contributed by atoms with Crippen LogP contribution in [-0.2, 0) is 13.0 Å². The van der Waals surface area contributed by atoms with Gasteiger partial charge in [-0.1, -0.05) is 48.5 Å². The smallest absolute Gasteiger partial charge is 0.267 e. The number of carbonyl (C=O) groups is 1. The fourth-order valence-corrected chi connectivity index (χ4v) is 4.37. The second-order valence-electron chi connectivity index (χ2n) is 8.23. The van der Waals surface area contributed by atoms with Crippen molar-refractivity contribution in [1.29, 1.82) is 0 Å². The van der Waals surface area contributed by atoms with Gasteiger partial charge >= 0.3 is 0 Å². The summed E-state index contributed by atoms with van der Waals surface area (Å²) in [5.74, 6) is 1.88. The number of nitrogens with one attached hydrogen (secondary N) is 1. The molecule has 0 aliphatic heterocycles. The number of hydrogen-bond acceptors (Lipinski definition) is 4. The number of aromatic nitrogens is 1. The Morgan fingerprint density at radius 2 is 1.78 bits per heavy atom. The van der Waals surface area contributed by atoms with Crippen LogP contribution in [0.15, 0.2) is 79.4 Å². The summed E-state index contributed by atoms with van der Waals surface area (Å²) in [6.45, 7) is 5.07. The summed E-state index contributed by atoms with van der Waals surface area (Å²) in [5, 5.41) is 4.58. The van der Waals surface area contributed by atoms with Gasteiger partial charge in [0.25, 0.3) is 5.91 Å². The predicted octanol–water partition coefficient (Wildman–Crippen LogP) is 5.90. The molecule has 0 saturated carbocycles. The van der Waals surface area contributed by atoms with E-state index in [-0.39, 0.29) is 5.91 Å². The van der Waals surface area contributed by atoms with Gasteiger partial charge in [0, 0.05) is 23.5 Å². The van der Waals surface area contributed by atoms with E-state index < -0.39 is 0 Å². The second kappa shape index (κ2) is 11.7. The van der Waals surface area contributed by atoms with Gasteiger partial charge in [0.15, 0.2) is 11.5 Å². The number of rotatable bonds is 11. The van der Waals surface area contributed by atoms with Crippen LogP contribution in [0.4, 0.5) is 0 Å². The third-order valence-electron chi connectivity index (χ3n) is 5.87. The fraction of sp³-hybridized carbons (Fsp3) is 0.207. The van der Waals surface area contributed by atoms with Crippen molar-refractivity contribution in [2.24, 2.45) is 0 Å². The van der Waals surface area contributed by atoms with Gasteiger partial charge in [-0.25, -0.2) is 0 Å². The molecule has 0 aliphatic rings. The van der Waals surface area contributed by atoms with E-state index in [4.69, 9.17) is 25.8 Å². The number of fused-ring (bicyclic) bond motifs is 1. The van der Waals surface area contributed by atoms with E-state index in [1.54, 1.807) is 20.3 Å². The molecule has 4 aromatic rings. The Balaban J connectivity index is 1.60. The first kappa shape index (κ1) is 25.2. The van der Waals surface area contributed by atoms with Crippen LogP contribution in [0.3, 0.4) is 0 Å². The summed E-state index contributed by atoms with van der Waals surface area (Å²) in [6, 6.07) is 21.1. The SMILES string of the molecule is C=CCOc1cccc2c1cc(C(=O)NCCc1ccc(OC)c(OC)c1)n2Cc1cccc(Cl)c1. The van der Waals surface area contributed by atoms with Crippen LogP contribution in [0.5, 0.6) is 17.2 Å². The first-order valence-electron chi connectivity index (χ1n) is 11.6. The first-order chi connectivity index (χ1) is 17.5. The number of nitrogens with zero attached hydrogens (tertiary/aromatic N) is 1. The predicted molar refractivity (Wildman–Crippen MR) is 144 cm³/mol. The zero-order valence-electron chi connectivity index (χ0n) is 20.4. The van der Waals surface area contributed by atoms with E-state index in [1.807, 2.05) is 71.3 Å². The van der Waals surface area contributed by atoms with Crippen LogP contribution in [0, 0.1) is 0 Å². The minimum atomic E-state index is -0.164. The van der Waals surface area contributed by atoms with Crippen molar-refractivity contribution >= 4 is 28.4 Å². The van der Waals surface area contributed by atoms with E-state index in [0.717, 1.165) is 22.0 Å². The summed E-state index contributed by atoms with van der Waals surface area (Å²) in [4.78, 5) is 13.4. The van der Waals surface area contributed by atoms with Gasteiger partial charge in [-0.3, -0.25) is 4.79 Å². The van der Waals surface area contributed by atoms with Crippen molar-refractivity contribution in [3.63, 3.8) is 0 Å². The topological polar surface area (TPSA) is 61.7 Å². The molecule has 1 heterocycles. The number of halogens is 1. The Hall–Kier alpha value is -3.90. The monoisotopic (exact) mass is 504 g/mol. The maximum atomic E-state index is 13.4. The summed E-state index contributed by atoms with van der Waals surface area (Å²) in [7, 11) is 3.21. The molecule has 36 heavy (non-hydrogen) atoms. The summed E-state index contributed by atoms with van der Waals surface area (Å²) >= 11 is 6.22. The van der Waals surface area contributed by atoms with Crippen LogP contribution in [0.2, 0.25) is 5.02 Å². The van der Waals surface area contributed by atoms with E-state index >= 15 is 0 Å². The zero-order valence-corrected chi connectivity index (χ0v) is 21.2. The van der Waals surface area contributed by atoms with Crippen molar-refractivity contribution in [2.75, 3.05) is 27.4 Å². The Morgan fingerprint density at radius 3 is 2.53 bits per heavy atom. The molecule has 4 rings (SSSR count). The van der Waals surface area contributed by atoms with Crippen molar-refractivity contribution in [3.05, 3.63) is 101 Å². The molecule has 0 spiro atoms. The minimum Gasteiger partial charge on any atom is -0.493 e. The molecule has 0 atom stereocenters. The molecule has 3 aromatic carbocycles. The molecule has 0 aliphatic carbocycles. The highest BCUT2D eigenvalue weighted by Gasteiger charge is 2.18. The standard InChI is InChI=1S/C29H29ClN2O4/c1-4-15-36-26-10-6-9-24-23(26)18-25(32(24)19-21-7-5-8-22(30)16-21)29(33)31-14-13-20-11-12-27(34-2)28(17-20)35-3/h4-12,16-18H,1,13-15,19H2,2-3H3,(H,31,33). The Labute approximate surface area is 216 Å². The average molecular weight is 505 g/mol. The van der Waals surface area contributed by atoms with Crippen molar-refractivity contribution in [3.8, 4) is 17.2 Å². The average Bonchev–Trinajstić information content (AvgIpc) is 3.26. The summed E-state index contributed by atoms with van der Waals surface area (Å²) in [5.41, 5.74) is 3.48. The molecule has 1 aromatic heterocycles. The van der Waals surface area contributed by atoms with Crippen LogP contribution >= 0.6 is 11.6 Å². The molecular weight excluding hydrogens is 476 g/mol. The molecule has 1 amide bonds. The second-order valence-corrected chi connectivity index (χ2v) is 8.67. The lowest BCUT2D eigenvalue weighted by molar-refractivity contribution is 0.0946.